The average molecular weight is 339 g/mol. The number of rotatable bonds is 7. The van der Waals surface area contributed by atoms with E-state index in [1.165, 1.54) is 0 Å². The van der Waals surface area contributed by atoms with Gasteiger partial charge >= 0.3 is 5.97 Å². The Morgan fingerprint density at radius 3 is 2.13 bits per heavy atom. The lowest BCUT2D eigenvalue weighted by molar-refractivity contribution is -0.236. The van der Waals surface area contributed by atoms with Crippen LogP contribution in [0.25, 0.3) is 0 Å². The monoisotopic (exact) mass is 339 g/mol. The molecule has 1 heterocycles. The van der Waals surface area contributed by atoms with Crippen LogP contribution in [0.15, 0.2) is 0 Å². The highest BCUT2D eigenvalue weighted by Gasteiger charge is 2.44. The van der Waals surface area contributed by atoms with E-state index in [9.17, 15) is 35.1 Å². The Hall–Kier alpha value is -1.34. The van der Waals surface area contributed by atoms with E-state index in [0.29, 0.717) is 0 Å². The molecule has 0 aromatic heterocycles. The maximum Gasteiger partial charge on any atom is 0.322 e. The molecule has 0 aromatic rings. The highest BCUT2D eigenvalue weighted by Crippen LogP contribution is 2.24. The zero-order chi connectivity index (χ0) is 17.7. The molecule has 134 valence electrons. The summed E-state index contributed by atoms with van der Waals surface area (Å²) in [7, 11) is 0. The van der Waals surface area contributed by atoms with Gasteiger partial charge in [0.15, 0.2) is 6.10 Å². The van der Waals surface area contributed by atoms with Crippen molar-refractivity contribution < 1.29 is 50.1 Å². The second kappa shape index (κ2) is 8.49. The molecule has 1 rings (SSSR count). The minimum atomic E-state index is -1.98. The fourth-order valence-corrected chi connectivity index (χ4v) is 2.18. The fourth-order valence-electron chi connectivity index (χ4n) is 2.18. The van der Waals surface area contributed by atoms with Crippen LogP contribution in [-0.4, -0.2) is 104 Å². The lowest BCUT2D eigenvalue weighted by atomic mass is 9.91. The number of aliphatic carboxylic acids is 1. The van der Waals surface area contributed by atoms with Crippen molar-refractivity contribution in [3.05, 3.63) is 0 Å². The van der Waals surface area contributed by atoms with Gasteiger partial charge in [0, 0.05) is 6.42 Å². The van der Waals surface area contributed by atoms with Crippen LogP contribution in [0.5, 0.6) is 0 Å². The van der Waals surface area contributed by atoms with Gasteiger partial charge in [-0.1, -0.05) is 0 Å². The van der Waals surface area contributed by atoms with E-state index in [4.69, 9.17) is 14.9 Å². The van der Waals surface area contributed by atoms with Crippen LogP contribution < -0.4 is 5.32 Å². The van der Waals surface area contributed by atoms with Gasteiger partial charge in [-0.25, -0.2) is 0 Å². The summed E-state index contributed by atoms with van der Waals surface area (Å²) in [5.41, 5.74) is 0. The summed E-state index contributed by atoms with van der Waals surface area (Å²) in [5.74, 6) is -2.47. The summed E-state index contributed by atoms with van der Waals surface area (Å²) >= 11 is 0. The number of aliphatic hydroxyl groups is 6. The van der Waals surface area contributed by atoms with Gasteiger partial charge in [-0.2, -0.15) is 0 Å². The lowest BCUT2D eigenvalue weighted by Crippen LogP contribution is -2.59. The summed E-state index contributed by atoms with van der Waals surface area (Å²) in [6.07, 6.45) is -11.5. The number of ether oxygens (including phenoxy) is 1. The minimum absolute atomic E-state index is 0.497. The number of carbonyl (C=O) groups is 2. The number of aliphatic hydroxyl groups excluding tert-OH is 6. The molecule has 0 spiro atoms. The quantitative estimate of drug-likeness (QED) is 0.222. The van der Waals surface area contributed by atoms with Crippen molar-refractivity contribution >= 4 is 11.9 Å². The van der Waals surface area contributed by atoms with Crippen molar-refractivity contribution in [2.45, 2.75) is 49.1 Å². The van der Waals surface area contributed by atoms with Gasteiger partial charge in [-0.05, 0) is 0 Å². The smallest absolute Gasteiger partial charge is 0.322 e. The number of nitrogens with one attached hydrogen (secondary N) is 1. The van der Waals surface area contributed by atoms with Gasteiger partial charge in [0.05, 0.1) is 18.8 Å². The van der Waals surface area contributed by atoms with Crippen LogP contribution in [-0.2, 0) is 14.3 Å². The standard InChI is InChI=1S/C12H21NO10/c14-3-6-10(20)11(21)9(19)5(23-6)1-4(15)8(18)12(22)13-2-7(16)17/h4-6,8-11,14-15,18-21H,1-3H2,(H,13,22)(H,16,17)/t4-,5-,6-,8+,9-,10-,11-/m1/s1. The molecular weight excluding hydrogens is 318 g/mol. The molecule has 1 amide bonds. The van der Waals surface area contributed by atoms with E-state index in [-0.39, 0.29) is 0 Å². The number of carboxylic acid groups (broad SMARTS) is 1. The minimum Gasteiger partial charge on any atom is -0.480 e. The molecule has 1 aliphatic rings. The number of amides is 1. The second-order valence-electron chi connectivity index (χ2n) is 5.23. The van der Waals surface area contributed by atoms with E-state index in [1.807, 2.05) is 5.32 Å². The summed E-state index contributed by atoms with van der Waals surface area (Å²) in [6, 6.07) is 0. The van der Waals surface area contributed by atoms with Crippen molar-refractivity contribution in [1.82, 2.24) is 5.32 Å². The molecule has 23 heavy (non-hydrogen) atoms. The molecule has 0 bridgehead atoms. The zero-order valence-electron chi connectivity index (χ0n) is 12.0. The lowest BCUT2D eigenvalue weighted by Gasteiger charge is -2.40. The first-order valence-corrected chi connectivity index (χ1v) is 6.85. The van der Waals surface area contributed by atoms with E-state index in [2.05, 4.69) is 0 Å². The maximum absolute atomic E-state index is 11.4. The van der Waals surface area contributed by atoms with Crippen molar-refractivity contribution in [2.75, 3.05) is 13.2 Å². The highest BCUT2D eigenvalue weighted by atomic mass is 16.5. The zero-order valence-corrected chi connectivity index (χ0v) is 12.0. The predicted molar refractivity (Wildman–Crippen MR) is 71.0 cm³/mol. The Bertz CT molecular complexity index is 417. The average Bonchev–Trinajstić information content (AvgIpc) is 2.52. The Morgan fingerprint density at radius 1 is 1.04 bits per heavy atom. The van der Waals surface area contributed by atoms with E-state index < -0.39 is 74.2 Å². The molecule has 7 atom stereocenters. The Kier molecular flexibility index (Phi) is 7.28. The number of hydrogen-bond acceptors (Lipinski definition) is 9. The van der Waals surface area contributed by atoms with E-state index >= 15 is 0 Å². The maximum atomic E-state index is 11.4. The Labute approximate surface area is 130 Å². The van der Waals surface area contributed by atoms with Crippen molar-refractivity contribution in [2.24, 2.45) is 0 Å². The molecule has 0 radical (unpaired) electrons. The normalized spacial score (nSPS) is 33.7. The number of hydrogen-bond donors (Lipinski definition) is 8. The molecule has 1 aliphatic heterocycles. The van der Waals surface area contributed by atoms with Crippen LogP contribution >= 0.6 is 0 Å². The van der Waals surface area contributed by atoms with Gasteiger partial charge in [0.2, 0.25) is 0 Å². The second-order valence-corrected chi connectivity index (χ2v) is 5.23. The number of carboxylic acids is 1. The van der Waals surface area contributed by atoms with Crippen molar-refractivity contribution in [3.63, 3.8) is 0 Å². The Morgan fingerprint density at radius 2 is 1.61 bits per heavy atom. The first kappa shape index (κ1) is 19.7. The molecule has 0 saturated carbocycles. The summed E-state index contributed by atoms with van der Waals surface area (Å²) < 4.78 is 5.12. The molecule has 11 nitrogen and oxygen atoms in total. The molecule has 1 fully saturated rings. The summed E-state index contributed by atoms with van der Waals surface area (Å²) in [5, 5.41) is 67.7. The molecular formula is C12H21NO10. The Balaban J connectivity index is 2.62. The van der Waals surface area contributed by atoms with Crippen LogP contribution in [0.4, 0.5) is 0 Å². The third-order valence-electron chi connectivity index (χ3n) is 3.51. The predicted octanol–water partition coefficient (Wildman–Crippen LogP) is -4.86. The molecule has 0 unspecified atom stereocenters. The van der Waals surface area contributed by atoms with Gasteiger partial charge in [0.1, 0.15) is 31.0 Å². The first-order chi connectivity index (χ1) is 10.7. The molecule has 0 aromatic carbocycles. The molecule has 0 aliphatic carbocycles. The van der Waals surface area contributed by atoms with Crippen molar-refractivity contribution in [1.29, 1.82) is 0 Å². The third-order valence-corrected chi connectivity index (χ3v) is 3.51. The van der Waals surface area contributed by atoms with Gasteiger partial charge in [-0.3, -0.25) is 9.59 Å². The van der Waals surface area contributed by atoms with Gasteiger partial charge in [0.25, 0.3) is 5.91 Å². The van der Waals surface area contributed by atoms with E-state index in [1.54, 1.807) is 0 Å². The SMILES string of the molecule is O=C(O)CNC(=O)[C@@H](O)[C@H](O)C[C@H]1O[C@H](CO)[C@@H](O)[C@H](O)[C@@H]1O. The summed E-state index contributed by atoms with van der Waals surface area (Å²) in [4.78, 5) is 21.7. The molecule has 11 heteroatoms. The summed E-state index contributed by atoms with van der Waals surface area (Å²) in [6.45, 7) is -1.40. The molecule has 1 saturated heterocycles. The molecule has 8 N–H and O–H groups in total. The fraction of sp³-hybridized carbons (Fsp3) is 0.833. The van der Waals surface area contributed by atoms with Crippen molar-refractivity contribution in [3.8, 4) is 0 Å². The van der Waals surface area contributed by atoms with Crippen LogP contribution in [0.1, 0.15) is 6.42 Å². The van der Waals surface area contributed by atoms with Crippen LogP contribution in [0.3, 0.4) is 0 Å². The topological polar surface area (TPSA) is 197 Å². The first-order valence-electron chi connectivity index (χ1n) is 6.85. The largest absolute Gasteiger partial charge is 0.480 e. The van der Waals surface area contributed by atoms with Crippen LogP contribution in [0, 0.1) is 0 Å². The van der Waals surface area contributed by atoms with Gasteiger partial charge < -0.3 is 45.8 Å². The third kappa shape index (κ3) is 5.07. The highest BCUT2D eigenvalue weighted by molar-refractivity contribution is 5.84. The van der Waals surface area contributed by atoms with E-state index in [0.717, 1.165) is 0 Å². The number of carbonyl (C=O) groups excluding carboxylic acids is 1. The van der Waals surface area contributed by atoms with Crippen LogP contribution in [0.2, 0.25) is 0 Å². The van der Waals surface area contributed by atoms with Gasteiger partial charge in [-0.15, -0.1) is 0 Å².